The Morgan fingerprint density at radius 1 is 1.04 bits per heavy atom. The first-order valence-electron chi connectivity index (χ1n) is 9.37. The van der Waals surface area contributed by atoms with Gasteiger partial charge in [0.15, 0.2) is 0 Å². The first-order chi connectivity index (χ1) is 12.6. The van der Waals surface area contributed by atoms with E-state index in [9.17, 15) is 4.79 Å². The van der Waals surface area contributed by atoms with E-state index in [1.807, 2.05) is 47.5 Å². The Kier molecular flexibility index (Phi) is 6.23. The summed E-state index contributed by atoms with van der Waals surface area (Å²) in [5.41, 5.74) is 1.23. The number of nitrogens with zero attached hydrogens (tertiary/aromatic N) is 3. The maximum absolute atomic E-state index is 12.6. The molecule has 1 fully saturated rings. The first-order valence-corrected chi connectivity index (χ1v) is 9.37. The third-order valence-corrected chi connectivity index (χ3v) is 4.90. The topological polar surface area (TPSA) is 48.5 Å². The minimum Gasteiger partial charge on any atom is -0.353 e. The molecule has 1 N–H and O–H groups in total. The number of anilines is 1. The van der Waals surface area contributed by atoms with E-state index in [1.54, 1.807) is 0 Å². The van der Waals surface area contributed by atoms with Crippen LogP contribution in [-0.4, -0.2) is 48.5 Å². The SMILES string of the molecule is CC(C)[C@H](NCC(=O)N1CCN(c2ccccn2)CC1)c1ccccc1. The maximum Gasteiger partial charge on any atom is 0.236 e. The fourth-order valence-electron chi connectivity index (χ4n) is 3.43. The zero-order valence-corrected chi connectivity index (χ0v) is 15.6. The Bertz CT molecular complexity index is 682. The van der Waals surface area contributed by atoms with E-state index in [0.717, 1.165) is 32.0 Å². The summed E-state index contributed by atoms with van der Waals surface area (Å²) in [5, 5.41) is 3.46. The molecule has 0 aliphatic carbocycles. The number of piperazine rings is 1. The molecular formula is C21H28N4O. The van der Waals surface area contributed by atoms with Crippen molar-refractivity contribution in [2.24, 2.45) is 5.92 Å². The van der Waals surface area contributed by atoms with Gasteiger partial charge in [-0.25, -0.2) is 4.98 Å². The van der Waals surface area contributed by atoms with Crippen molar-refractivity contribution in [3.05, 3.63) is 60.3 Å². The van der Waals surface area contributed by atoms with Gasteiger partial charge in [-0.15, -0.1) is 0 Å². The molecule has 2 aromatic rings. The van der Waals surface area contributed by atoms with Crippen molar-refractivity contribution in [1.29, 1.82) is 0 Å². The number of pyridine rings is 1. The van der Waals surface area contributed by atoms with Gasteiger partial charge in [0, 0.05) is 38.4 Å². The van der Waals surface area contributed by atoms with Crippen LogP contribution in [0.15, 0.2) is 54.7 Å². The van der Waals surface area contributed by atoms with Gasteiger partial charge in [0.25, 0.3) is 0 Å². The normalized spacial score (nSPS) is 16.0. The summed E-state index contributed by atoms with van der Waals surface area (Å²) in [7, 11) is 0. The lowest BCUT2D eigenvalue weighted by atomic mass is 9.96. The van der Waals surface area contributed by atoms with Crippen LogP contribution in [-0.2, 0) is 4.79 Å². The molecule has 5 nitrogen and oxygen atoms in total. The van der Waals surface area contributed by atoms with Gasteiger partial charge in [-0.1, -0.05) is 50.2 Å². The van der Waals surface area contributed by atoms with Gasteiger partial charge in [0.1, 0.15) is 5.82 Å². The third kappa shape index (κ3) is 4.61. The second kappa shape index (κ2) is 8.81. The molecule has 0 radical (unpaired) electrons. The molecule has 1 aliphatic heterocycles. The molecule has 1 saturated heterocycles. The van der Waals surface area contributed by atoms with Crippen LogP contribution in [0.3, 0.4) is 0 Å². The van der Waals surface area contributed by atoms with Crippen LogP contribution in [0.4, 0.5) is 5.82 Å². The average Bonchev–Trinajstić information content (AvgIpc) is 2.69. The monoisotopic (exact) mass is 352 g/mol. The summed E-state index contributed by atoms with van der Waals surface area (Å²) in [4.78, 5) is 21.2. The Hall–Kier alpha value is -2.40. The molecule has 2 heterocycles. The highest BCUT2D eigenvalue weighted by Gasteiger charge is 2.23. The number of carbonyl (C=O) groups is 1. The number of hydrogen-bond donors (Lipinski definition) is 1. The lowest BCUT2D eigenvalue weighted by Crippen LogP contribution is -2.51. The van der Waals surface area contributed by atoms with E-state index in [1.165, 1.54) is 5.56 Å². The molecule has 3 rings (SSSR count). The van der Waals surface area contributed by atoms with Gasteiger partial charge in [-0.2, -0.15) is 0 Å². The highest BCUT2D eigenvalue weighted by molar-refractivity contribution is 5.78. The van der Waals surface area contributed by atoms with Gasteiger partial charge in [0.2, 0.25) is 5.91 Å². The van der Waals surface area contributed by atoms with E-state index >= 15 is 0 Å². The summed E-state index contributed by atoms with van der Waals surface area (Å²) in [6.45, 7) is 7.89. The van der Waals surface area contributed by atoms with Gasteiger partial charge in [0.05, 0.1) is 6.54 Å². The van der Waals surface area contributed by atoms with Crippen molar-refractivity contribution in [2.45, 2.75) is 19.9 Å². The molecule has 1 aromatic heterocycles. The molecule has 0 unspecified atom stereocenters. The van der Waals surface area contributed by atoms with Crippen molar-refractivity contribution >= 4 is 11.7 Å². The van der Waals surface area contributed by atoms with Crippen molar-refractivity contribution < 1.29 is 4.79 Å². The molecule has 0 spiro atoms. The number of amides is 1. The number of rotatable bonds is 6. The van der Waals surface area contributed by atoms with Gasteiger partial charge in [-0.3, -0.25) is 4.79 Å². The Balaban J connectivity index is 1.51. The molecule has 26 heavy (non-hydrogen) atoms. The Labute approximate surface area is 156 Å². The van der Waals surface area contributed by atoms with Gasteiger partial charge in [-0.05, 0) is 23.6 Å². The van der Waals surface area contributed by atoms with Crippen molar-refractivity contribution in [3.8, 4) is 0 Å². The largest absolute Gasteiger partial charge is 0.353 e. The maximum atomic E-state index is 12.6. The molecule has 1 atom stereocenters. The molecule has 138 valence electrons. The van der Waals surface area contributed by atoms with Crippen LogP contribution >= 0.6 is 0 Å². The van der Waals surface area contributed by atoms with E-state index in [-0.39, 0.29) is 11.9 Å². The standard InChI is InChI=1S/C21H28N4O/c1-17(2)21(18-8-4-3-5-9-18)23-16-20(26)25-14-12-24(13-15-25)19-10-6-7-11-22-19/h3-11,17,21,23H,12-16H2,1-2H3/t21-/m0/s1. The highest BCUT2D eigenvalue weighted by Crippen LogP contribution is 2.21. The average molecular weight is 352 g/mol. The summed E-state index contributed by atoms with van der Waals surface area (Å²) >= 11 is 0. The van der Waals surface area contributed by atoms with E-state index in [4.69, 9.17) is 0 Å². The zero-order valence-electron chi connectivity index (χ0n) is 15.6. The van der Waals surface area contributed by atoms with Crippen LogP contribution in [0, 0.1) is 5.92 Å². The predicted molar refractivity (Wildman–Crippen MR) is 105 cm³/mol. The smallest absolute Gasteiger partial charge is 0.236 e. The fourth-order valence-corrected chi connectivity index (χ4v) is 3.43. The second-order valence-electron chi connectivity index (χ2n) is 7.07. The Morgan fingerprint density at radius 3 is 2.35 bits per heavy atom. The molecule has 1 amide bonds. The van der Waals surface area contributed by atoms with Gasteiger partial charge >= 0.3 is 0 Å². The zero-order chi connectivity index (χ0) is 18.4. The molecule has 1 aliphatic rings. The number of carbonyl (C=O) groups excluding carboxylic acids is 1. The quantitative estimate of drug-likeness (QED) is 0.868. The van der Waals surface area contributed by atoms with Crippen LogP contribution in [0.1, 0.15) is 25.5 Å². The van der Waals surface area contributed by atoms with E-state index < -0.39 is 0 Å². The van der Waals surface area contributed by atoms with E-state index in [0.29, 0.717) is 12.5 Å². The number of benzene rings is 1. The number of hydrogen-bond acceptors (Lipinski definition) is 4. The minimum absolute atomic E-state index is 0.173. The minimum atomic E-state index is 0.173. The van der Waals surface area contributed by atoms with Crippen molar-refractivity contribution in [3.63, 3.8) is 0 Å². The van der Waals surface area contributed by atoms with Crippen LogP contribution < -0.4 is 10.2 Å². The van der Waals surface area contributed by atoms with Gasteiger partial charge < -0.3 is 15.1 Å². The molecule has 5 heteroatoms. The van der Waals surface area contributed by atoms with E-state index in [2.05, 4.69) is 41.2 Å². The molecular weight excluding hydrogens is 324 g/mol. The number of aromatic nitrogens is 1. The Morgan fingerprint density at radius 2 is 1.73 bits per heavy atom. The molecule has 0 bridgehead atoms. The summed E-state index contributed by atoms with van der Waals surface area (Å²) < 4.78 is 0. The second-order valence-corrected chi connectivity index (χ2v) is 7.07. The molecule has 0 saturated carbocycles. The van der Waals surface area contributed by atoms with Crippen molar-refractivity contribution in [2.75, 3.05) is 37.6 Å². The van der Waals surface area contributed by atoms with Crippen LogP contribution in [0.2, 0.25) is 0 Å². The lowest BCUT2D eigenvalue weighted by molar-refractivity contribution is -0.130. The van der Waals surface area contributed by atoms with Crippen LogP contribution in [0.5, 0.6) is 0 Å². The third-order valence-electron chi connectivity index (χ3n) is 4.90. The molecule has 1 aromatic carbocycles. The highest BCUT2D eigenvalue weighted by atomic mass is 16.2. The summed E-state index contributed by atoms with van der Waals surface area (Å²) in [5.74, 6) is 1.58. The summed E-state index contributed by atoms with van der Waals surface area (Å²) in [6.07, 6.45) is 1.81. The predicted octanol–water partition coefficient (Wildman–Crippen LogP) is 2.72. The van der Waals surface area contributed by atoms with Crippen LogP contribution in [0.25, 0.3) is 0 Å². The van der Waals surface area contributed by atoms with Crippen molar-refractivity contribution in [1.82, 2.24) is 15.2 Å². The number of nitrogens with one attached hydrogen (secondary N) is 1. The lowest BCUT2D eigenvalue weighted by Gasteiger charge is -2.36. The first kappa shape index (κ1) is 18.4. The summed E-state index contributed by atoms with van der Waals surface area (Å²) in [6, 6.07) is 16.5. The fraction of sp³-hybridized carbons (Fsp3) is 0.429.